The molecule has 0 radical (unpaired) electrons. The van der Waals surface area contributed by atoms with Gasteiger partial charge in [0.1, 0.15) is 4.99 Å². The van der Waals surface area contributed by atoms with E-state index in [2.05, 4.69) is 5.32 Å². The lowest BCUT2D eigenvalue weighted by Gasteiger charge is -2.23. The van der Waals surface area contributed by atoms with E-state index >= 15 is 0 Å². The smallest absolute Gasteiger partial charge is 0.251 e. The summed E-state index contributed by atoms with van der Waals surface area (Å²) in [6, 6.07) is 6.93. The standard InChI is InChI=1S/C13H18N2O2S/c1-13(2,17-3)8-15-12(16)10-6-4-5-9(7-10)11(14)18/h4-7H,8H2,1-3H3,(H2,14,18)(H,15,16). The molecule has 1 aromatic rings. The highest BCUT2D eigenvalue weighted by Crippen LogP contribution is 2.08. The number of carbonyl (C=O) groups is 1. The molecule has 0 heterocycles. The van der Waals surface area contributed by atoms with Gasteiger partial charge in [0.15, 0.2) is 0 Å². The van der Waals surface area contributed by atoms with Crippen molar-refractivity contribution in [2.24, 2.45) is 5.73 Å². The van der Waals surface area contributed by atoms with Crippen molar-refractivity contribution in [3.05, 3.63) is 35.4 Å². The SMILES string of the molecule is COC(C)(C)CNC(=O)c1cccc(C(N)=S)c1. The Morgan fingerprint density at radius 3 is 2.61 bits per heavy atom. The molecule has 18 heavy (non-hydrogen) atoms. The van der Waals surface area contributed by atoms with E-state index in [4.69, 9.17) is 22.7 Å². The van der Waals surface area contributed by atoms with E-state index in [-0.39, 0.29) is 10.9 Å². The van der Waals surface area contributed by atoms with Crippen molar-refractivity contribution in [2.45, 2.75) is 19.4 Å². The molecule has 0 atom stereocenters. The third kappa shape index (κ3) is 4.09. The number of hydrogen-bond donors (Lipinski definition) is 2. The minimum Gasteiger partial charge on any atom is -0.389 e. The van der Waals surface area contributed by atoms with Crippen molar-refractivity contribution in [1.82, 2.24) is 5.32 Å². The number of hydrogen-bond acceptors (Lipinski definition) is 3. The third-order valence-corrected chi connectivity index (χ3v) is 2.87. The first-order valence-corrected chi connectivity index (χ1v) is 6.00. The molecule has 0 fully saturated rings. The molecule has 98 valence electrons. The van der Waals surface area contributed by atoms with Crippen molar-refractivity contribution < 1.29 is 9.53 Å². The van der Waals surface area contributed by atoms with Gasteiger partial charge in [-0.05, 0) is 26.0 Å². The molecule has 0 saturated carbocycles. The van der Waals surface area contributed by atoms with Crippen LogP contribution in [0.2, 0.25) is 0 Å². The molecule has 1 aromatic carbocycles. The Morgan fingerprint density at radius 2 is 2.06 bits per heavy atom. The first-order valence-electron chi connectivity index (χ1n) is 5.59. The second kappa shape index (κ2) is 5.93. The van der Waals surface area contributed by atoms with Crippen LogP contribution in [0.3, 0.4) is 0 Å². The van der Waals surface area contributed by atoms with Crippen LogP contribution in [0.15, 0.2) is 24.3 Å². The fourth-order valence-corrected chi connectivity index (χ4v) is 1.41. The minimum atomic E-state index is -0.392. The summed E-state index contributed by atoms with van der Waals surface area (Å²) in [6.45, 7) is 4.23. The molecule has 1 rings (SSSR count). The molecule has 0 bridgehead atoms. The lowest BCUT2D eigenvalue weighted by molar-refractivity contribution is 0.0229. The first kappa shape index (κ1) is 14.6. The second-order valence-corrected chi connectivity index (χ2v) is 5.03. The molecule has 4 nitrogen and oxygen atoms in total. The molecule has 0 aliphatic carbocycles. The van der Waals surface area contributed by atoms with Crippen molar-refractivity contribution in [3.8, 4) is 0 Å². The molecule has 1 amide bonds. The lowest BCUT2D eigenvalue weighted by Crippen LogP contribution is -2.39. The van der Waals surface area contributed by atoms with Crippen LogP contribution in [0.4, 0.5) is 0 Å². The largest absolute Gasteiger partial charge is 0.389 e. The van der Waals surface area contributed by atoms with Crippen LogP contribution >= 0.6 is 12.2 Å². The molecule has 5 heteroatoms. The van der Waals surface area contributed by atoms with Crippen molar-refractivity contribution >= 4 is 23.1 Å². The molecule has 0 spiro atoms. The average molecular weight is 266 g/mol. The van der Waals surface area contributed by atoms with Crippen molar-refractivity contribution in [2.75, 3.05) is 13.7 Å². The van der Waals surface area contributed by atoms with E-state index in [1.54, 1.807) is 31.4 Å². The van der Waals surface area contributed by atoms with E-state index in [9.17, 15) is 4.79 Å². The number of nitrogens with one attached hydrogen (secondary N) is 1. The highest BCUT2D eigenvalue weighted by Gasteiger charge is 2.18. The summed E-state index contributed by atoms with van der Waals surface area (Å²) in [5.41, 5.74) is 6.35. The Kier molecular flexibility index (Phi) is 4.81. The maximum absolute atomic E-state index is 11.9. The number of thiocarbonyl (C=S) groups is 1. The summed E-state index contributed by atoms with van der Waals surface area (Å²) in [5, 5.41) is 2.81. The number of ether oxygens (including phenoxy) is 1. The Hall–Kier alpha value is -1.46. The molecule has 0 saturated heterocycles. The summed E-state index contributed by atoms with van der Waals surface area (Å²) in [7, 11) is 1.61. The van der Waals surface area contributed by atoms with E-state index < -0.39 is 5.60 Å². The third-order valence-electron chi connectivity index (χ3n) is 2.64. The normalized spacial score (nSPS) is 11.1. The van der Waals surface area contributed by atoms with E-state index in [1.807, 2.05) is 13.8 Å². The van der Waals surface area contributed by atoms with Crippen LogP contribution in [-0.2, 0) is 4.74 Å². The summed E-state index contributed by atoms with van der Waals surface area (Å²) in [5.74, 6) is -0.168. The van der Waals surface area contributed by atoms with Gasteiger partial charge < -0.3 is 15.8 Å². The Bertz CT molecular complexity index is 458. The maximum atomic E-state index is 11.9. The average Bonchev–Trinajstić information content (AvgIpc) is 2.36. The number of amides is 1. The van der Waals surface area contributed by atoms with Crippen molar-refractivity contribution in [3.63, 3.8) is 0 Å². The zero-order chi connectivity index (χ0) is 13.8. The van der Waals surface area contributed by atoms with Gasteiger partial charge in [0.25, 0.3) is 5.91 Å². The number of methoxy groups -OCH3 is 1. The van der Waals surface area contributed by atoms with Crippen molar-refractivity contribution in [1.29, 1.82) is 0 Å². The van der Waals surface area contributed by atoms with Gasteiger partial charge in [-0.25, -0.2) is 0 Å². The van der Waals surface area contributed by atoms with E-state index in [1.165, 1.54) is 0 Å². The zero-order valence-electron chi connectivity index (χ0n) is 10.8. The zero-order valence-corrected chi connectivity index (χ0v) is 11.6. The summed E-state index contributed by atoms with van der Waals surface area (Å²) < 4.78 is 5.23. The molecular weight excluding hydrogens is 248 g/mol. The summed E-state index contributed by atoms with van der Waals surface area (Å²) >= 11 is 4.88. The Morgan fingerprint density at radius 1 is 1.44 bits per heavy atom. The van der Waals surface area contributed by atoms with Gasteiger partial charge >= 0.3 is 0 Å². The van der Waals surface area contributed by atoms with Crippen LogP contribution in [0, 0.1) is 0 Å². The first-order chi connectivity index (χ1) is 8.35. The molecular formula is C13H18N2O2S. The van der Waals surface area contributed by atoms with Crippen LogP contribution < -0.4 is 11.1 Å². The van der Waals surface area contributed by atoms with Crippen LogP contribution in [0.1, 0.15) is 29.8 Å². The molecule has 0 aliphatic heterocycles. The molecule has 0 aromatic heterocycles. The fourth-order valence-electron chi connectivity index (χ4n) is 1.28. The number of benzene rings is 1. The van der Waals surface area contributed by atoms with Gasteiger partial charge in [0.2, 0.25) is 0 Å². The molecule has 0 aliphatic rings. The highest BCUT2D eigenvalue weighted by molar-refractivity contribution is 7.80. The van der Waals surface area contributed by atoms with E-state index in [0.29, 0.717) is 17.7 Å². The fraction of sp³-hybridized carbons (Fsp3) is 0.385. The highest BCUT2D eigenvalue weighted by atomic mass is 32.1. The maximum Gasteiger partial charge on any atom is 0.251 e. The van der Waals surface area contributed by atoms with Crippen LogP contribution in [0.5, 0.6) is 0 Å². The van der Waals surface area contributed by atoms with Gasteiger partial charge in [-0.15, -0.1) is 0 Å². The second-order valence-electron chi connectivity index (χ2n) is 4.59. The minimum absolute atomic E-state index is 0.168. The van der Waals surface area contributed by atoms with Crippen LogP contribution in [-0.4, -0.2) is 30.2 Å². The van der Waals surface area contributed by atoms with Gasteiger partial charge in [-0.1, -0.05) is 24.4 Å². The Balaban J connectivity index is 2.73. The summed E-state index contributed by atoms with van der Waals surface area (Å²) in [4.78, 5) is 12.2. The predicted molar refractivity (Wildman–Crippen MR) is 75.8 cm³/mol. The quantitative estimate of drug-likeness (QED) is 0.792. The van der Waals surface area contributed by atoms with Gasteiger partial charge in [-0.2, -0.15) is 0 Å². The summed E-state index contributed by atoms with van der Waals surface area (Å²) in [6.07, 6.45) is 0. The molecule has 0 unspecified atom stereocenters. The molecule has 3 N–H and O–H groups in total. The topological polar surface area (TPSA) is 64.3 Å². The van der Waals surface area contributed by atoms with E-state index in [0.717, 1.165) is 0 Å². The number of nitrogens with two attached hydrogens (primary N) is 1. The number of carbonyl (C=O) groups excluding carboxylic acids is 1. The Labute approximate surface area is 113 Å². The van der Waals surface area contributed by atoms with Gasteiger partial charge in [-0.3, -0.25) is 4.79 Å². The number of rotatable bonds is 5. The lowest BCUT2D eigenvalue weighted by atomic mass is 10.1. The van der Waals surface area contributed by atoms with Gasteiger partial charge in [0.05, 0.1) is 5.60 Å². The predicted octanol–water partition coefficient (Wildman–Crippen LogP) is 1.48. The van der Waals surface area contributed by atoms with Gasteiger partial charge in [0, 0.05) is 24.8 Å². The monoisotopic (exact) mass is 266 g/mol. The van der Waals surface area contributed by atoms with Crippen LogP contribution in [0.25, 0.3) is 0 Å².